The Hall–Kier alpha value is -1.62. The molecule has 1 rings (SSSR count). The van der Waals surface area contributed by atoms with Crippen LogP contribution in [0.25, 0.3) is 0 Å². The lowest BCUT2D eigenvalue weighted by molar-refractivity contribution is -0.130. The van der Waals surface area contributed by atoms with Crippen LogP contribution in [0.2, 0.25) is 5.02 Å². The van der Waals surface area contributed by atoms with Crippen LogP contribution in [-0.2, 0) is 4.79 Å². The van der Waals surface area contributed by atoms with Crippen LogP contribution in [-0.4, -0.2) is 36.3 Å². The van der Waals surface area contributed by atoms with Gasteiger partial charge < -0.3 is 10.2 Å². The van der Waals surface area contributed by atoms with Crippen molar-refractivity contribution in [3.8, 4) is 0 Å². The summed E-state index contributed by atoms with van der Waals surface area (Å²) in [6.45, 7) is 5.08. The predicted molar refractivity (Wildman–Crippen MR) is 80.9 cm³/mol. The van der Waals surface area contributed by atoms with Crippen molar-refractivity contribution < 1.29 is 14.0 Å². The van der Waals surface area contributed by atoms with E-state index in [1.165, 1.54) is 12.1 Å². The van der Waals surface area contributed by atoms with E-state index in [2.05, 4.69) is 5.32 Å². The number of nitrogens with zero attached hydrogens (tertiary/aromatic N) is 1. The molecule has 1 aromatic carbocycles. The van der Waals surface area contributed by atoms with Gasteiger partial charge in [-0.2, -0.15) is 0 Å². The average Bonchev–Trinajstić information content (AvgIpc) is 2.44. The number of hydrogen-bond donors (Lipinski definition) is 1. The van der Waals surface area contributed by atoms with Crippen LogP contribution in [0.4, 0.5) is 4.39 Å². The molecule has 116 valence electrons. The molecule has 0 atom stereocenters. The third kappa shape index (κ3) is 5.01. The molecule has 0 spiro atoms. The molecule has 0 saturated heterocycles. The number of hydrogen-bond acceptors (Lipinski definition) is 2. The zero-order valence-corrected chi connectivity index (χ0v) is 13.0. The van der Waals surface area contributed by atoms with Gasteiger partial charge in [-0.25, -0.2) is 4.39 Å². The summed E-state index contributed by atoms with van der Waals surface area (Å²) in [6.07, 6.45) is 1.69. The summed E-state index contributed by atoms with van der Waals surface area (Å²) in [5.74, 6) is -1.56. The van der Waals surface area contributed by atoms with Crippen molar-refractivity contribution in [3.05, 3.63) is 34.6 Å². The van der Waals surface area contributed by atoms with Crippen LogP contribution >= 0.6 is 11.6 Å². The molecule has 0 fully saturated rings. The lowest BCUT2D eigenvalue weighted by Crippen LogP contribution is -2.41. The maximum atomic E-state index is 13.6. The smallest absolute Gasteiger partial charge is 0.256 e. The van der Waals surface area contributed by atoms with Gasteiger partial charge in [-0.05, 0) is 25.0 Å². The molecule has 0 saturated carbocycles. The Balaban J connectivity index is 2.65. The van der Waals surface area contributed by atoms with Gasteiger partial charge in [0, 0.05) is 13.1 Å². The van der Waals surface area contributed by atoms with Gasteiger partial charge in [0.1, 0.15) is 5.82 Å². The largest absolute Gasteiger partial charge is 0.343 e. The highest BCUT2D eigenvalue weighted by molar-refractivity contribution is 6.33. The summed E-state index contributed by atoms with van der Waals surface area (Å²) in [4.78, 5) is 25.6. The highest BCUT2D eigenvalue weighted by Crippen LogP contribution is 2.18. The predicted octanol–water partition coefficient (Wildman–Crippen LogP) is 2.86. The molecule has 0 aliphatic rings. The van der Waals surface area contributed by atoms with Crippen LogP contribution in [0.1, 0.15) is 37.0 Å². The van der Waals surface area contributed by atoms with E-state index in [-0.39, 0.29) is 23.0 Å². The minimum atomic E-state index is -0.702. The van der Waals surface area contributed by atoms with E-state index in [1.807, 2.05) is 13.8 Å². The second-order valence-corrected chi connectivity index (χ2v) is 5.07. The van der Waals surface area contributed by atoms with Crippen molar-refractivity contribution in [2.75, 3.05) is 19.6 Å². The molecule has 6 heteroatoms. The maximum absolute atomic E-state index is 13.6. The van der Waals surface area contributed by atoms with E-state index in [9.17, 15) is 14.0 Å². The van der Waals surface area contributed by atoms with Gasteiger partial charge in [-0.1, -0.05) is 31.5 Å². The molecule has 0 aliphatic carbocycles. The van der Waals surface area contributed by atoms with Gasteiger partial charge in [-0.15, -0.1) is 0 Å². The molecule has 1 aromatic rings. The summed E-state index contributed by atoms with van der Waals surface area (Å²) in [5.41, 5.74) is -0.232. The van der Waals surface area contributed by atoms with Gasteiger partial charge in [-0.3, -0.25) is 9.59 Å². The normalized spacial score (nSPS) is 10.3. The SMILES string of the molecule is CCCN(CCC)C(=O)CNC(=O)c1c(F)cccc1Cl. The van der Waals surface area contributed by atoms with Crippen molar-refractivity contribution in [3.63, 3.8) is 0 Å². The summed E-state index contributed by atoms with van der Waals surface area (Å²) in [7, 11) is 0. The molecule has 0 bridgehead atoms. The quantitative estimate of drug-likeness (QED) is 0.841. The Morgan fingerprint density at radius 3 is 2.38 bits per heavy atom. The molecule has 0 aliphatic heterocycles. The Morgan fingerprint density at radius 1 is 1.24 bits per heavy atom. The Morgan fingerprint density at radius 2 is 1.86 bits per heavy atom. The highest BCUT2D eigenvalue weighted by atomic mass is 35.5. The number of carbonyl (C=O) groups excluding carboxylic acids is 2. The van der Waals surface area contributed by atoms with E-state index in [4.69, 9.17) is 11.6 Å². The van der Waals surface area contributed by atoms with Crippen molar-refractivity contribution in [2.24, 2.45) is 0 Å². The lowest BCUT2D eigenvalue weighted by Gasteiger charge is -2.21. The van der Waals surface area contributed by atoms with Crippen molar-refractivity contribution in [2.45, 2.75) is 26.7 Å². The molecule has 1 N–H and O–H groups in total. The Kier molecular flexibility index (Phi) is 7.15. The molecule has 0 radical (unpaired) electrons. The standard InChI is InChI=1S/C15H20ClFN2O2/c1-3-8-19(9-4-2)13(20)10-18-15(21)14-11(16)6-5-7-12(14)17/h5-7H,3-4,8-10H2,1-2H3,(H,18,21). The summed E-state index contributed by atoms with van der Waals surface area (Å²) >= 11 is 5.81. The van der Waals surface area contributed by atoms with E-state index < -0.39 is 11.7 Å². The fraction of sp³-hybridized carbons (Fsp3) is 0.467. The monoisotopic (exact) mass is 314 g/mol. The summed E-state index contributed by atoms with van der Waals surface area (Å²) in [6, 6.07) is 4.01. The zero-order chi connectivity index (χ0) is 15.8. The number of amides is 2. The molecule has 21 heavy (non-hydrogen) atoms. The molecule has 2 amide bonds. The lowest BCUT2D eigenvalue weighted by atomic mass is 10.2. The third-order valence-corrected chi connectivity index (χ3v) is 3.24. The number of halogens is 2. The van der Waals surface area contributed by atoms with E-state index >= 15 is 0 Å². The first-order valence-electron chi connectivity index (χ1n) is 7.01. The topological polar surface area (TPSA) is 49.4 Å². The average molecular weight is 315 g/mol. The number of benzene rings is 1. The first-order chi connectivity index (χ1) is 10.0. The van der Waals surface area contributed by atoms with Crippen LogP contribution in [0, 0.1) is 5.82 Å². The van der Waals surface area contributed by atoms with Crippen LogP contribution in [0.15, 0.2) is 18.2 Å². The second kappa shape index (κ2) is 8.62. The zero-order valence-electron chi connectivity index (χ0n) is 12.3. The first-order valence-corrected chi connectivity index (χ1v) is 7.39. The van der Waals surface area contributed by atoms with E-state index in [0.29, 0.717) is 13.1 Å². The van der Waals surface area contributed by atoms with Gasteiger partial charge in [0.25, 0.3) is 5.91 Å². The maximum Gasteiger partial charge on any atom is 0.256 e. The molecular formula is C15H20ClFN2O2. The highest BCUT2D eigenvalue weighted by Gasteiger charge is 2.18. The Bertz CT molecular complexity index is 482. The molecule has 0 aromatic heterocycles. The fourth-order valence-corrected chi connectivity index (χ4v) is 2.22. The molecule has 4 nitrogen and oxygen atoms in total. The fourth-order valence-electron chi connectivity index (χ4n) is 1.97. The molecule has 0 unspecified atom stereocenters. The Labute approximate surface area is 129 Å². The van der Waals surface area contributed by atoms with E-state index in [0.717, 1.165) is 18.9 Å². The van der Waals surface area contributed by atoms with E-state index in [1.54, 1.807) is 4.90 Å². The van der Waals surface area contributed by atoms with Gasteiger partial charge in [0.2, 0.25) is 5.91 Å². The van der Waals surface area contributed by atoms with Crippen molar-refractivity contribution in [1.82, 2.24) is 10.2 Å². The number of carbonyl (C=O) groups is 2. The minimum absolute atomic E-state index is 0.0268. The minimum Gasteiger partial charge on any atom is -0.343 e. The van der Waals surface area contributed by atoms with Crippen molar-refractivity contribution >= 4 is 23.4 Å². The molecular weight excluding hydrogens is 295 g/mol. The van der Waals surface area contributed by atoms with Crippen LogP contribution in [0.3, 0.4) is 0 Å². The second-order valence-electron chi connectivity index (χ2n) is 4.66. The van der Waals surface area contributed by atoms with Crippen LogP contribution in [0.5, 0.6) is 0 Å². The summed E-state index contributed by atoms with van der Waals surface area (Å²) < 4.78 is 13.6. The van der Waals surface area contributed by atoms with Gasteiger partial charge in [0.05, 0.1) is 17.1 Å². The number of rotatable bonds is 7. The van der Waals surface area contributed by atoms with Crippen molar-refractivity contribution in [1.29, 1.82) is 0 Å². The van der Waals surface area contributed by atoms with Gasteiger partial charge in [0.15, 0.2) is 0 Å². The number of nitrogens with one attached hydrogen (secondary N) is 1. The third-order valence-electron chi connectivity index (χ3n) is 2.93. The first kappa shape index (κ1) is 17.4. The molecule has 0 heterocycles. The van der Waals surface area contributed by atoms with Crippen LogP contribution < -0.4 is 5.32 Å². The summed E-state index contributed by atoms with van der Waals surface area (Å²) in [5, 5.41) is 2.45. The van der Waals surface area contributed by atoms with Gasteiger partial charge >= 0.3 is 0 Å².